The van der Waals surface area contributed by atoms with Crippen LogP contribution in [-0.4, -0.2) is 5.91 Å². The van der Waals surface area contributed by atoms with E-state index in [0.717, 1.165) is 18.2 Å². The lowest BCUT2D eigenvalue weighted by atomic mass is 10.2. The molecule has 0 aliphatic heterocycles. The number of anilines is 1. The lowest BCUT2D eigenvalue weighted by Gasteiger charge is -2.09. The Balaban J connectivity index is 1.70. The number of carbonyl (C=O) groups excluding carboxylic acids is 1. The Kier molecular flexibility index (Phi) is 4.90. The molecule has 3 rings (SSSR count). The molecule has 3 aromatic rings. The van der Waals surface area contributed by atoms with Crippen molar-refractivity contribution in [2.45, 2.75) is 0 Å². The minimum absolute atomic E-state index is 0.376. The van der Waals surface area contributed by atoms with Crippen LogP contribution in [0.3, 0.4) is 0 Å². The summed E-state index contributed by atoms with van der Waals surface area (Å²) in [7, 11) is 0. The highest BCUT2D eigenvalue weighted by molar-refractivity contribution is 6.04. The third kappa shape index (κ3) is 4.02. The normalized spacial score (nSPS) is 10.0. The van der Waals surface area contributed by atoms with E-state index < -0.39 is 17.5 Å². The predicted molar refractivity (Wildman–Crippen MR) is 92.0 cm³/mol. The summed E-state index contributed by atoms with van der Waals surface area (Å²) >= 11 is 0. The molecular weight excluding hydrogens is 338 g/mol. The third-order valence-electron chi connectivity index (χ3n) is 3.48. The number of rotatable bonds is 4. The molecule has 6 heteroatoms. The summed E-state index contributed by atoms with van der Waals surface area (Å²) in [6, 6.07) is 17.7. The first-order valence-electron chi connectivity index (χ1n) is 7.59. The number of nitriles is 1. The van der Waals surface area contributed by atoms with Crippen LogP contribution in [0.1, 0.15) is 15.9 Å². The number of carbonyl (C=O) groups is 1. The van der Waals surface area contributed by atoms with Gasteiger partial charge in [-0.3, -0.25) is 4.79 Å². The Bertz CT molecular complexity index is 995. The number of benzene rings is 3. The molecule has 1 amide bonds. The monoisotopic (exact) mass is 350 g/mol. The van der Waals surface area contributed by atoms with E-state index in [0.29, 0.717) is 22.7 Å². The Labute approximate surface area is 148 Å². The zero-order valence-corrected chi connectivity index (χ0v) is 13.4. The Hall–Kier alpha value is -3.72. The van der Waals surface area contributed by atoms with E-state index in [1.54, 1.807) is 48.5 Å². The quantitative estimate of drug-likeness (QED) is 0.729. The van der Waals surface area contributed by atoms with E-state index in [9.17, 15) is 13.6 Å². The van der Waals surface area contributed by atoms with Crippen LogP contribution in [0, 0.1) is 23.0 Å². The van der Waals surface area contributed by atoms with Crippen LogP contribution in [0.5, 0.6) is 11.5 Å². The largest absolute Gasteiger partial charge is 0.457 e. The van der Waals surface area contributed by atoms with Gasteiger partial charge in [-0.2, -0.15) is 5.26 Å². The van der Waals surface area contributed by atoms with Crippen LogP contribution < -0.4 is 10.1 Å². The SMILES string of the molecule is N#Cc1cccc(Oc2ccc(NC(=O)c3cc(F)ccc3F)cc2)c1. The summed E-state index contributed by atoms with van der Waals surface area (Å²) in [5.41, 5.74) is 0.499. The summed E-state index contributed by atoms with van der Waals surface area (Å²) in [6.07, 6.45) is 0. The molecule has 0 heterocycles. The molecule has 0 bridgehead atoms. The Morgan fingerprint density at radius 2 is 1.73 bits per heavy atom. The third-order valence-corrected chi connectivity index (χ3v) is 3.48. The van der Waals surface area contributed by atoms with E-state index in [4.69, 9.17) is 10.00 Å². The number of hydrogen-bond acceptors (Lipinski definition) is 3. The highest BCUT2D eigenvalue weighted by Gasteiger charge is 2.13. The number of nitrogens with one attached hydrogen (secondary N) is 1. The second-order valence-corrected chi connectivity index (χ2v) is 5.34. The zero-order chi connectivity index (χ0) is 18.5. The molecule has 0 aromatic heterocycles. The van der Waals surface area contributed by atoms with Crippen molar-refractivity contribution in [3.05, 3.63) is 89.5 Å². The molecule has 26 heavy (non-hydrogen) atoms. The number of ether oxygens (including phenoxy) is 1. The van der Waals surface area contributed by atoms with Crippen LogP contribution in [0.25, 0.3) is 0 Å². The zero-order valence-electron chi connectivity index (χ0n) is 13.4. The number of halogens is 2. The Morgan fingerprint density at radius 3 is 2.46 bits per heavy atom. The van der Waals surface area contributed by atoms with Gasteiger partial charge in [0.05, 0.1) is 17.2 Å². The van der Waals surface area contributed by atoms with Crippen LogP contribution in [0.2, 0.25) is 0 Å². The van der Waals surface area contributed by atoms with Gasteiger partial charge < -0.3 is 10.1 Å². The van der Waals surface area contributed by atoms with Crippen LogP contribution in [0.15, 0.2) is 66.7 Å². The highest BCUT2D eigenvalue weighted by Crippen LogP contribution is 2.24. The van der Waals surface area contributed by atoms with Crippen molar-refractivity contribution in [2.24, 2.45) is 0 Å². The van der Waals surface area contributed by atoms with Crippen LogP contribution in [0.4, 0.5) is 14.5 Å². The summed E-state index contributed by atoms with van der Waals surface area (Å²) in [5.74, 6) is -1.25. The van der Waals surface area contributed by atoms with Gasteiger partial charge in [0.1, 0.15) is 23.1 Å². The van der Waals surface area contributed by atoms with Crippen molar-refractivity contribution < 1.29 is 18.3 Å². The molecule has 0 unspecified atom stereocenters. The standard InChI is InChI=1S/C20H12F2N2O2/c21-14-4-9-19(22)18(11-14)20(25)24-15-5-7-16(8-6-15)26-17-3-1-2-13(10-17)12-23/h1-11H,(H,24,25). The molecule has 0 spiro atoms. The molecule has 0 saturated carbocycles. The average molecular weight is 350 g/mol. The van der Waals surface area contributed by atoms with E-state index in [-0.39, 0.29) is 5.56 Å². The van der Waals surface area contributed by atoms with Crippen molar-refractivity contribution in [2.75, 3.05) is 5.32 Å². The fourth-order valence-corrected chi connectivity index (χ4v) is 2.24. The molecule has 1 N–H and O–H groups in total. The number of nitrogens with zero attached hydrogens (tertiary/aromatic N) is 1. The van der Waals surface area contributed by atoms with E-state index in [2.05, 4.69) is 5.32 Å². The maximum atomic E-state index is 13.6. The molecule has 0 aliphatic carbocycles. The van der Waals surface area contributed by atoms with Crippen LogP contribution in [-0.2, 0) is 0 Å². The topological polar surface area (TPSA) is 62.1 Å². The van der Waals surface area contributed by atoms with E-state index in [1.807, 2.05) is 6.07 Å². The first-order valence-corrected chi connectivity index (χ1v) is 7.59. The molecule has 0 fully saturated rings. The minimum Gasteiger partial charge on any atom is -0.457 e. The van der Waals surface area contributed by atoms with Gasteiger partial charge in [0.2, 0.25) is 0 Å². The summed E-state index contributed by atoms with van der Waals surface area (Å²) in [5, 5.41) is 11.4. The van der Waals surface area contributed by atoms with Crippen molar-refractivity contribution in [1.29, 1.82) is 5.26 Å². The summed E-state index contributed by atoms with van der Waals surface area (Å²) < 4.78 is 32.4. The fraction of sp³-hybridized carbons (Fsp3) is 0. The van der Waals surface area contributed by atoms with Crippen LogP contribution >= 0.6 is 0 Å². The molecule has 128 valence electrons. The molecule has 0 aliphatic rings. The number of amides is 1. The first kappa shape index (κ1) is 17.1. The smallest absolute Gasteiger partial charge is 0.258 e. The maximum absolute atomic E-state index is 13.6. The highest BCUT2D eigenvalue weighted by atomic mass is 19.1. The molecule has 3 aromatic carbocycles. The predicted octanol–water partition coefficient (Wildman–Crippen LogP) is 4.88. The van der Waals surface area contributed by atoms with Gasteiger partial charge in [-0.15, -0.1) is 0 Å². The first-order chi connectivity index (χ1) is 12.5. The van der Waals surface area contributed by atoms with Crippen molar-refractivity contribution in [3.63, 3.8) is 0 Å². The molecule has 0 atom stereocenters. The second-order valence-electron chi connectivity index (χ2n) is 5.34. The lowest BCUT2D eigenvalue weighted by Crippen LogP contribution is -2.14. The lowest BCUT2D eigenvalue weighted by molar-refractivity contribution is 0.102. The van der Waals surface area contributed by atoms with Gasteiger partial charge in [0.25, 0.3) is 5.91 Å². The number of hydrogen-bond donors (Lipinski definition) is 1. The van der Waals surface area contributed by atoms with Gasteiger partial charge in [0, 0.05) is 5.69 Å². The van der Waals surface area contributed by atoms with Crippen molar-refractivity contribution >= 4 is 11.6 Å². The molecule has 0 radical (unpaired) electrons. The maximum Gasteiger partial charge on any atom is 0.258 e. The van der Waals surface area contributed by atoms with Crippen molar-refractivity contribution in [1.82, 2.24) is 0 Å². The van der Waals surface area contributed by atoms with Gasteiger partial charge in [0.15, 0.2) is 0 Å². The Morgan fingerprint density at radius 1 is 0.962 bits per heavy atom. The van der Waals surface area contributed by atoms with Crippen molar-refractivity contribution in [3.8, 4) is 17.6 Å². The van der Waals surface area contributed by atoms with Gasteiger partial charge >= 0.3 is 0 Å². The second kappa shape index (κ2) is 7.45. The summed E-state index contributed by atoms with van der Waals surface area (Å²) in [4.78, 5) is 12.1. The van der Waals surface area contributed by atoms with Gasteiger partial charge in [-0.05, 0) is 60.7 Å². The van der Waals surface area contributed by atoms with E-state index >= 15 is 0 Å². The molecule has 0 saturated heterocycles. The summed E-state index contributed by atoms with van der Waals surface area (Å²) in [6.45, 7) is 0. The molecular formula is C20H12F2N2O2. The minimum atomic E-state index is -0.804. The van der Waals surface area contributed by atoms with Gasteiger partial charge in [-0.1, -0.05) is 6.07 Å². The van der Waals surface area contributed by atoms with E-state index in [1.165, 1.54) is 0 Å². The fourth-order valence-electron chi connectivity index (χ4n) is 2.24. The van der Waals surface area contributed by atoms with Gasteiger partial charge in [-0.25, -0.2) is 8.78 Å². The molecule has 4 nitrogen and oxygen atoms in total. The average Bonchev–Trinajstić information content (AvgIpc) is 2.65.